The van der Waals surface area contributed by atoms with Crippen molar-refractivity contribution in [2.24, 2.45) is 5.73 Å². The molecule has 3 heterocycles. The molecule has 0 radical (unpaired) electrons. The minimum Gasteiger partial charge on any atom is -0.465 e. The number of methoxy groups -OCH3 is 1. The molecule has 4 aromatic rings. The van der Waals surface area contributed by atoms with Gasteiger partial charge in [0, 0.05) is 54.6 Å². The number of esters is 1. The lowest BCUT2D eigenvalue weighted by molar-refractivity contribution is 0.0601. The molecule has 31 heavy (non-hydrogen) atoms. The lowest BCUT2D eigenvalue weighted by atomic mass is 10.1. The van der Waals surface area contributed by atoms with Crippen LogP contribution in [-0.2, 0) is 11.2 Å². The number of thiophene rings is 1. The number of benzene rings is 1. The molecule has 0 aliphatic rings. The van der Waals surface area contributed by atoms with E-state index >= 15 is 0 Å². The summed E-state index contributed by atoms with van der Waals surface area (Å²) in [5, 5.41) is 9.80. The van der Waals surface area contributed by atoms with Gasteiger partial charge in [-0.25, -0.2) is 9.78 Å². The molecule has 0 aliphatic carbocycles. The van der Waals surface area contributed by atoms with Crippen LogP contribution >= 0.6 is 11.3 Å². The van der Waals surface area contributed by atoms with Crippen molar-refractivity contribution in [3.63, 3.8) is 0 Å². The van der Waals surface area contributed by atoms with E-state index in [1.165, 1.54) is 12.7 Å². The Morgan fingerprint density at radius 2 is 2.13 bits per heavy atom. The Kier molecular flexibility index (Phi) is 6.50. The lowest BCUT2D eigenvalue weighted by Crippen LogP contribution is -2.30. The van der Waals surface area contributed by atoms with Crippen molar-refractivity contribution in [2.75, 3.05) is 45.7 Å². The van der Waals surface area contributed by atoms with Gasteiger partial charge in [0.05, 0.1) is 18.2 Å². The maximum Gasteiger partial charge on any atom is 0.337 e. The Labute approximate surface area is 185 Å². The van der Waals surface area contributed by atoms with E-state index in [4.69, 9.17) is 15.5 Å². The summed E-state index contributed by atoms with van der Waals surface area (Å²) in [6.45, 7) is 3.11. The highest BCUT2D eigenvalue weighted by Gasteiger charge is 2.15. The first-order valence-corrected chi connectivity index (χ1v) is 11.2. The Morgan fingerprint density at radius 1 is 1.26 bits per heavy atom. The molecule has 0 bridgehead atoms. The van der Waals surface area contributed by atoms with E-state index in [9.17, 15) is 4.79 Å². The number of carbonyl (C=O) groups excluding carboxylic acids is 1. The number of nitrogens with two attached hydrogens (primary N) is 1. The van der Waals surface area contributed by atoms with Crippen LogP contribution in [0.3, 0.4) is 0 Å². The SMILES string of the molecule is COC(=O)c1ccc2c(c1)[nH]c1cc(Cc3ccsc3)nc(NCCN(C)CCN)c12. The Balaban J connectivity index is 1.73. The van der Waals surface area contributed by atoms with Gasteiger partial charge in [-0.05, 0) is 47.6 Å². The number of fused-ring (bicyclic) bond motifs is 3. The van der Waals surface area contributed by atoms with Crippen LogP contribution in [0.4, 0.5) is 5.82 Å². The second-order valence-electron chi connectivity index (χ2n) is 7.59. The third-order valence-corrected chi connectivity index (χ3v) is 6.05. The minimum absolute atomic E-state index is 0.349. The number of rotatable bonds is 9. The minimum atomic E-state index is -0.349. The zero-order chi connectivity index (χ0) is 21.8. The van der Waals surface area contributed by atoms with E-state index in [1.54, 1.807) is 17.4 Å². The molecule has 0 saturated heterocycles. The molecule has 0 atom stereocenters. The predicted molar refractivity (Wildman–Crippen MR) is 127 cm³/mol. The van der Waals surface area contributed by atoms with Crippen LogP contribution in [0.5, 0.6) is 0 Å². The fourth-order valence-electron chi connectivity index (χ4n) is 3.74. The van der Waals surface area contributed by atoms with Crippen molar-refractivity contribution >= 4 is 44.9 Å². The van der Waals surface area contributed by atoms with Crippen molar-refractivity contribution < 1.29 is 9.53 Å². The number of anilines is 1. The number of nitrogens with zero attached hydrogens (tertiary/aromatic N) is 2. The summed E-state index contributed by atoms with van der Waals surface area (Å²) in [7, 11) is 3.45. The van der Waals surface area contributed by atoms with Crippen LogP contribution in [0.1, 0.15) is 21.6 Å². The third kappa shape index (κ3) is 4.71. The molecule has 0 unspecified atom stereocenters. The second kappa shape index (κ2) is 9.47. The van der Waals surface area contributed by atoms with Gasteiger partial charge in [0.15, 0.2) is 0 Å². The van der Waals surface area contributed by atoms with Gasteiger partial charge in [0.2, 0.25) is 0 Å². The molecule has 4 N–H and O–H groups in total. The van der Waals surface area contributed by atoms with Gasteiger partial charge in [0.1, 0.15) is 5.82 Å². The van der Waals surface area contributed by atoms with E-state index in [0.29, 0.717) is 12.1 Å². The third-order valence-electron chi connectivity index (χ3n) is 5.31. The molecule has 7 nitrogen and oxygen atoms in total. The van der Waals surface area contributed by atoms with Gasteiger partial charge in [-0.2, -0.15) is 11.3 Å². The molecule has 0 spiro atoms. The summed E-state index contributed by atoms with van der Waals surface area (Å²) in [6, 6.07) is 9.79. The predicted octanol–water partition coefficient (Wildman–Crippen LogP) is 3.46. The van der Waals surface area contributed by atoms with Crippen molar-refractivity contribution in [3.05, 3.63) is 57.9 Å². The molecule has 4 rings (SSSR count). The van der Waals surface area contributed by atoms with Crippen molar-refractivity contribution in [3.8, 4) is 0 Å². The average Bonchev–Trinajstić information content (AvgIpc) is 3.40. The van der Waals surface area contributed by atoms with Gasteiger partial charge in [-0.1, -0.05) is 6.07 Å². The average molecular weight is 438 g/mol. The highest BCUT2D eigenvalue weighted by molar-refractivity contribution is 7.07. The molecule has 8 heteroatoms. The summed E-state index contributed by atoms with van der Waals surface area (Å²) in [5.74, 6) is 0.499. The number of ether oxygens (including phenoxy) is 1. The lowest BCUT2D eigenvalue weighted by Gasteiger charge is -2.16. The number of likely N-dealkylation sites (N-methyl/N-ethyl adjacent to an activating group) is 1. The van der Waals surface area contributed by atoms with Crippen molar-refractivity contribution in [1.82, 2.24) is 14.9 Å². The maximum atomic E-state index is 12.0. The van der Waals surface area contributed by atoms with Gasteiger partial charge in [-0.15, -0.1) is 0 Å². The number of carbonyl (C=O) groups is 1. The first-order chi connectivity index (χ1) is 15.1. The first kappa shape index (κ1) is 21.3. The summed E-state index contributed by atoms with van der Waals surface area (Å²) < 4.78 is 4.87. The summed E-state index contributed by atoms with van der Waals surface area (Å²) in [6.07, 6.45) is 0.768. The molecule has 0 aliphatic heterocycles. The fourth-order valence-corrected chi connectivity index (χ4v) is 4.41. The summed E-state index contributed by atoms with van der Waals surface area (Å²) in [5.41, 5.74) is 10.3. The second-order valence-corrected chi connectivity index (χ2v) is 8.37. The normalized spacial score (nSPS) is 11.5. The topological polar surface area (TPSA) is 96.3 Å². The molecular formula is C23H27N5O2S. The number of aromatic amines is 1. The highest BCUT2D eigenvalue weighted by atomic mass is 32.1. The number of H-pyrrole nitrogens is 1. The molecular weight excluding hydrogens is 410 g/mol. The smallest absolute Gasteiger partial charge is 0.337 e. The molecule has 0 amide bonds. The van der Waals surface area contributed by atoms with Crippen LogP contribution in [0.25, 0.3) is 21.8 Å². The number of nitrogens with one attached hydrogen (secondary N) is 2. The monoisotopic (exact) mass is 437 g/mol. The van der Waals surface area contributed by atoms with E-state index < -0.39 is 0 Å². The van der Waals surface area contributed by atoms with Crippen molar-refractivity contribution in [1.29, 1.82) is 0 Å². The van der Waals surface area contributed by atoms with E-state index in [-0.39, 0.29) is 5.97 Å². The van der Waals surface area contributed by atoms with Crippen LogP contribution in [-0.4, -0.2) is 61.2 Å². The summed E-state index contributed by atoms with van der Waals surface area (Å²) >= 11 is 1.69. The molecule has 0 saturated carbocycles. The fraction of sp³-hybridized carbons (Fsp3) is 0.304. The number of aromatic nitrogens is 2. The Bertz CT molecular complexity index is 1190. The van der Waals surface area contributed by atoms with Crippen LogP contribution in [0.15, 0.2) is 41.1 Å². The number of hydrogen-bond donors (Lipinski definition) is 3. The quantitative estimate of drug-likeness (QED) is 0.347. The van der Waals surface area contributed by atoms with E-state index in [0.717, 1.165) is 59.4 Å². The molecule has 3 aromatic heterocycles. The maximum absolute atomic E-state index is 12.0. The molecule has 162 valence electrons. The van der Waals surface area contributed by atoms with Gasteiger partial charge in [0.25, 0.3) is 0 Å². The highest BCUT2D eigenvalue weighted by Crippen LogP contribution is 2.32. The number of hydrogen-bond acceptors (Lipinski definition) is 7. The van der Waals surface area contributed by atoms with Crippen molar-refractivity contribution in [2.45, 2.75) is 6.42 Å². The van der Waals surface area contributed by atoms with E-state index in [2.05, 4.69) is 45.1 Å². The largest absolute Gasteiger partial charge is 0.465 e. The zero-order valence-corrected chi connectivity index (χ0v) is 18.6. The van der Waals surface area contributed by atoms with Gasteiger partial charge in [-0.3, -0.25) is 0 Å². The van der Waals surface area contributed by atoms with Crippen LogP contribution in [0.2, 0.25) is 0 Å². The number of pyridine rings is 1. The first-order valence-electron chi connectivity index (χ1n) is 10.3. The summed E-state index contributed by atoms with van der Waals surface area (Å²) in [4.78, 5) is 22.6. The Morgan fingerprint density at radius 3 is 2.87 bits per heavy atom. The molecule has 1 aromatic carbocycles. The standard InChI is InChI=1S/C23H27N5O2S/c1-28(8-6-24)9-7-25-22-21-18-4-3-16(23(29)30-2)12-19(18)27-20(21)13-17(26-22)11-15-5-10-31-14-15/h3-5,10,12-14,27H,6-9,11,24H2,1-2H3,(H,25,26). The van der Waals surface area contributed by atoms with Gasteiger partial charge < -0.3 is 25.7 Å². The van der Waals surface area contributed by atoms with Crippen LogP contribution < -0.4 is 11.1 Å². The van der Waals surface area contributed by atoms with E-state index in [1.807, 2.05) is 12.1 Å². The Hall–Kier alpha value is -2.94. The van der Waals surface area contributed by atoms with Gasteiger partial charge >= 0.3 is 5.97 Å². The zero-order valence-electron chi connectivity index (χ0n) is 17.8. The molecule has 0 fully saturated rings. The van der Waals surface area contributed by atoms with Crippen LogP contribution in [0, 0.1) is 0 Å².